The molecule has 0 bridgehead atoms. The van der Waals surface area contributed by atoms with Crippen molar-refractivity contribution in [2.24, 2.45) is 5.92 Å². The first-order chi connectivity index (χ1) is 6.72. The Hall–Kier alpha value is -0.830. The Balaban J connectivity index is 2.09. The minimum Gasteiger partial charge on any atom is -0.359 e. The van der Waals surface area contributed by atoms with E-state index in [0.717, 1.165) is 10.9 Å². The average molecular weight is 254 g/mol. The highest BCUT2D eigenvalue weighted by Gasteiger charge is 2.43. The van der Waals surface area contributed by atoms with Gasteiger partial charge in [0, 0.05) is 17.4 Å². The van der Waals surface area contributed by atoms with Gasteiger partial charge in [0.25, 0.3) is 0 Å². The first kappa shape index (κ1) is 9.71. The molecular formula is C11H12BrNO. The molecule has 74 valence electrons. The van der Waals surface area contributed by atoms with E-state index in [2.05, 4.69) is 33.4 Å². The molecule has 1 fully saturated rings. The minimum absolute atomic E-state index is 0.162. The van der Waals surface area contributed by atoms with Gasteiger partial charge in [0.05, 0.1) is 0 Å². The van der Waals surface area contributed by atoms with Crippen LogP contribution in [0.5, 0.6) is 0 Å². The van der Waals surface area contributed by atoms with Crippen LogP contribution in [0.4, 0.5) is 0 Å². The maximum absolute atomic E-state index is 11.3. The summed E-state index contributed by atoms with van der Waals surface area (Å²) in [4.78, 5) is 11.3. The van der Waals surface area contributed by atoms with E-state index in [0.29, 0.717) is 5.92 Å². The second-order valence-corrected chi connectivity index (χ2v) is 4.53. The van der Waals surface area contributed by atoms with Gasteiger partial charge in [-0.3, -0.25) is 4.79 Å². The summed E-state index contributed by atoms with van der Waals surface area (Å²) in [5, 5.41) is 2.69. The van der Waals surface area contributed by atoms with Gasteiger partial charge in [-0.1, -0.05) is 28.1 Å². The molecule has 3 heteroatoms. The average Bonchev–Trinajstić information content (AvgIpc) is 2.96. The first-order valence-corrected chi connectivity index (χ1v) is 5.48. The van der Waals surface area contributed by atoms with Crippen LogP contribution in [-0.2, 0) is 4.79 Å². The summed E-state index contributed by atoms with van der Waals surface area (Å²) >= 11 is 3.43. The van der Waals surface area contributed by atoms with Crippen LogP contribution in [0.3, 0.4) is 0 Å². The number of amides is 1. The van der Waals surface area contributed by atoms with Crippen LogP contribution in [0.25, 0.3) is 0 Å². The van der Waals surface area contributed by atoms with Gasteiger partial charge >= 0.3 is 0 Å². The van der Waals surface area contributed by atoms with Crippen molar-refractivity contribution in [3.8, 4) is 0 Å². The van der Waals surface area contributed by atoms with Crippen LogP contribution >= 0.6 is 15.9 Å². The number of benzene rings is 1. The monoisotopic (exact) mass is 253 g/mol. The molecular weight excluding hydrogens is 242 g/mol. The molecule has 0 aliphatic heterocycles. The van der Waals surface area contributed by atoms with Crippen molar-refractivity contribution < 1.29 is 4.79 Å². The van der Waals surface area contributed by atoms with E-state index < -0.39 is 0 Å². The standard InChI is InChI=1S/C11H12BrNO/c1-13-11(14)10-6-9(10)7-3-2-4-8(12)5-7/h2-5,9-10H,6H2,1H3,(H,13,14)/t9-,10-/m0/s1. The second-order valence-electron chi connectivity index (χ2n) is 3.62. The molecule has 1 aromatic rings. The fraction of sp³-hybridized carbons (Fsp3) is 0.364. The summed E-state index contributed by atoms with van der Waals surface area (Å²) in [6, 6.07) is 8.19. The topological polar surface area (TPSA) is 29.1 Å². The number of nitrogens with one attached hydrogen (secondary N) is 1. The van der Waals surface area contributed by atoms with E-state index >= 15 is 0 Å². The molecule has 14 heavy (non-hydrogen) atoms. The van der Waals surface area contributed by atoms with Gasteiger partial charge in [0.15, 0.2) is 0 Å². The van der Waals surface area contributed by atoms with Gasteiger partial charge in [-0.05, 0) is 30.0 Å². The molecule has 0 spiro atoms. The summed E-state index contributed by atoms with van der Waals surface area (Å²) in [7, 11) is 1.69. The van der Waals surface area contributed by atoms with Gasteiger partial charge < -0.3 is 5.32 Å². The summed E-state index contributed by atoms with van der Waals surface area (Å²) < 4.78 is 1.08. The largest absolute Gasteiger partial charge is 0.359 e. The van der Waals surface area contributed by atoms with Crippen LogP contribution in [0.1, 0.15) is 17.9 Å². The van der Waals surface area contributed by atoms with Crippen molar-refractivity contribution in [2.45, 2.75) is 12.3 Å². The number of rotatable bonds is 2. The molecule has 1 aliphatic carbocycles. The number of carbonyl (C=O) groups is 1. The molecule has 1 aromatic carbocycles. The molecule has 0 aromatic heterocycles. The lowest BCUT2D eigenvalue weighted by Crippen LogP contribution is -2.20. The van der Waals surface area contributed by atoms with Gasteiger partial charge in [-0.2, -0.15) is 0 Å². The predicted molar refractivity (Wildman–Crippen MR) is 59.1 cm³/mol. The highest BCUT2D eigenvalue weighted by atomic mass is 79.9. The Morgan fingerprint density at radius 1 is 1.57 bits per heavy atom. The third-order valence-corrected chi connectivity index (χ3v) is 3.14. The highest BCUT2D eigenvalue weighted by molar-refractivity contribution is 9.10. The van der Waals surface area contributed by atoms with E-state index in [1.165, 1.54) is 5.56 Å². The number of hydrogen-bond acceptors (Lipinski definition) is 1. The molecule has 2 nitrogen and oxygen atoms in total. The molecule has 1 amide bonds. The Morgan fingerprint density at radius 3 is 3.00 bits per heavy atom. The summed E-state index contributed by atoms with van der Waals surface area (Å²) in [6.45, 7) is 0. The van der Waals surface area contributed by atoms with Gasteiger partial charge in [-0.15, -0.1) is 0 Å². The fourth-order valence-electron chi connectivity index (χ4n) is 1.78. The van der Waals surface area contributed by atoms with Crippen molar-refractivity contribution in [1.29, 1.82) is 0 Å². The van der Waals surface area contributed by atoms with Crippen molar-refractivity contribution in [1.82, 2.24) is 5.32 Å². The first-order valence-electron chi connectivity index (χ1n) is 4.69. The zero-order valence-electron chi connectivity index (χ0n) is 7.96. The zero-order chi connectivity index (χ0) is 10.1. The molecule has 0 radical (unpaired) electrons. The third-order valence-electron chi connectivity index (χ3n) is 2.65. The molecule has 0 saturated heterocycles. The number of halogens is 1. The summed E-state index contributed by atoms with van der Waals surface area (Å²) in [5.41, 5.74) is 1.26. The van der Waals surface area contributed by atoms with Gasteiger partial charge in [-0.25, -0.2) is 0 Å². The Bertz CT molecular complexity index is 364. The normalized spacial score (nSPS) is 24.4. The fourth-order valence-corrected chi connectivity index (χ4v) is 2.19. The van der Waals surface area contributed by atoms with Crippen LogP contribution in [0.15, 0.2) is 28.7 Å². The summed E-state index contributed by atoms with van der Waals surface area (Å²) in [5.74, 6) is 0.775. The van der Waals surface area contributed by atoms with Crippen LogP contribution in [0, 0.1) is 5.92 Å². The van der Waals surface area contributed by atoms with Crippen LogP contribution in [0.2, 0.25) is 0 Å². The molecule has 2 atom stereocenters. The van der Waals surface area contributed by atoms with E-state index in [4.69, 9.17) is 0 Å². The zero-order valence-corrected chi connectivity index (χ0v) is 9.54. The Labute approximate surface area is 91.8 Å². The molecule has 1 saturated carbocycles. The van der Waals surface area contributed by atoms with Crippen molar-refractivity contribution in [2.75, 3.05) is 7.05 Å². The lowest BCUT2D eigenvalue weighted by Gasteiger charge is -2.00. The van der Waals surface area contributed by atoms with Gasteiger partial charge in [0.1, 0.15) is 0 Å². The maximum atomic E-state index is 11.3. The summed E-state index contributed by atoms with van der Waals surface area (Å²) in [6.07, 6.45) is 0.982. The van der Waals surface area contributed by atoms with Crippen molar-refractivity contribution in [3.05, 3.63) is 34.3 Å². The van der Waals surface area contributed by atoms with Crippen molar-refractivity contribution in [3.63, 3.8) is 0 Å². The molecule has 0 heterocycles. The van der Waals surface area contributed by atoms with Crippen LogP contribution in [-0.4, -0.2) is 13.0 Å². The number of carbonyl (C=O) groups excluding carboxylic acids is 1. The Morgan fingerprint density at radius 2 is 2.36 bits per heavy atom. The van der Waals surface area contributed by atoms with E-state index in [1.807, 2.05) is 12.1 Å². The molecule has 1 N–H and O–H groups in total. The van der Waals surface area contributed by atoms with Gasteiger partial charge in [0.2, 0.25) is 5.91 Å². The maximum Gasteiger partial charge on any atom is 0.223 e. The quantitative estimate of drug-likeness (QED) is 0.862. The highest BCUT2D eigenvalue weighted by Crippen LogP contribution is 2.47. The third kappa shape index (κ3) is 1.82. The smallest absolute Gasteiger partial charge is 0.223 e. The lowest BCUT2D eigenvalue weighted by atomic mass is 10.1. The minimum atomic E-state index is 0.162. The number of hydrogen-bond donors (Lipinski definition) is 1. The van der Waals surface area contributed by atoms with E-state index in [1.54, 1.807) is 7.05 Å². The predicted octanol–water partition coefficient (Wildman–Crippen LogP) is 2.30. The van der Waals surface area contributed by atoms with E-state index in [-0.39, 0.29) is 11.8 Å². The van der Waals surface area contributed by atoms with Crippen LogP contribution < -0.4 is 5.32 Å². The molecule has 0 unspecified atom stereocenters. The molecule has 1 aliphatic rings. The lowest BCUT2D eigenvalue weighted by molar-refractivity contribution is -0.121. The molecule has 2 rings (SSSR count). The SMILES string of the molecule is CNC(=O)[C@H]1C[C@H]1c1cccc(Br)c1. The van der Waals surface area contributed by atoms with E-state index in [9.17, 15) is 4.79 Å². The van der Waals surface area contributed by atoms with Crippen molar-refractivity contribution >= 4 is 21.8 Å². The second kappa shape index (κ2) is 3.73. The Kier molecular flexibility index (Phi) is 2.59.